The van der Waals surface area contributed by atoms with Crippen molar-refractivity contribution in [2.75, 3.05) is 0 Å². The minimum absolute atomic E-state index is 0.218. The van der Waals surface area contributed by atoms with Crippen molar-refractivity contribution in [2.24, 2.45) is 0 Å². The second-order valence-corrected chi connectivity index (χ2v) is 2.28. The molecule has 0 radical (unpaired) electrons. The second kappa shape index (κ2) is 8.97. The van der Waals surface area contributed by atoms with Crippen LogP contribution in [-0.4, -0.2) is 4.92 Å². The lowest BCUT2D eigenvalue weighted by atomic mass is 10.2. The molecule has 0 bridgehead atoms. The molecule has 0 heterocycles. The van der Waals surface area contributed by atoms with Gasteiger partial charge in [0.25, 0.3) is 5.70 Å². The molecular formula is C10H19NO2. The molecule has 0 atom stereocenters. The second-order valence-electron chi connectivity index (χ2n) is 2.28. The fourth-order valence-corrected chi connectivity index (χ4v) is 0.698. The molecule has 0 aliphatic rings. The highest BCUT2D eigenvalue weighted by Gasteiger charge is 2.08. The Morgan fingerprint density at radius 1 is 1.46 bits per heavy atom. The molecule has 0 saturated carbocycles. The minimum Gasteiger partial charge on any atom is -0.258 e. The lowest BCUT2D eigenvalue weighted by molar-refractivity contribution is -0.420. The number of hydrogen-bond donors (Lipinski definition) is 0. The first-order chi connectivity index (χ1) is 6.13. The van der Waals surface area contributed by atoms with Crippen molar-refractivity contribution in [1.29, 1.82) is 0 Å². The summed E-state index contributed by atoms with van der Waals surface area (Å²) < 4.78 is 0. The molecule has 3 nitrogen and oxygen atoms in total. The molecule has 0 unspecified atom stereocenters. The predicted octanol–water partition coefficient (Wildman–Crippen LogP) is 3.55. The third-order valence-corrected chi connectivity index (χ3v) is 1.49. The van der Waals surface area contributed by atoms with Gasteiger partial charge >= 0.3 is 0 Å². The zero-order chi connectivity index (χ0) is 10.9. The van der Waals surface area contributed by atoms with Crippen molar-refractivity contribution in [2.45, 2.75) is 41.0 Å². The van der Waals surface area contributed by atoms with Crippen molar-refractivity contribution in [3.05, 3.63) is 33.5 Å². The summed E-state index contributed by atoms with van der Waals surface area (Å²) in [6.07, 6.45) is 3.93. The lowest BCUT2D eigenvalue weighted by Gasteiger charge is -1.95. The van der Waals surface area contributed by atoms with E-state index in [0.29, 0.717) is 0 Å². The fourth-order valence-electron chi connectivity index (χ4n) is 0.698. The third kappa shape index (κ3) is 6.08. The molecule has 0 aliphatic carbocycles. The van der Waals surface area contributed by atoms with Crippen LogP contribution in [0.1, 0.15) is 41.0 Å². The van der Waals surface area contributed by atoms with Gasteiger partial charge in [0.05, 0.1) is 4.92 Å². The summed E-state index contributed by atoms with van der Waals surface area (Å²) in [6.45, 7) is 9.45. The zero-order valence-electron chi connectivity index (χ0n) is 9.13. The van der Waals surface area contributed by atoms with Gasteiger partial charge in [0.15, 0.2) is 0 Å². The maximum absolute atomic E-state index is 10.4. The van der Waals surface area contributed by atoms with Gasteiger partial charge in [0, 0.05) is 11.6 Å². The van der Waals surface area contributed by atoms with E-state index in [1.807, 2.05) is 20.8 Å². The van der Waals surface area contributed by atoms with Gasteiger partial charge in [-0.15, -0.1) is 0 Å². The molecule has 0 aromatic carbocycles. The maximum Gasteiger partial charge on any atom is 0.267 e. The molecule has 0 spiro atoms. The molecule has 3 heteroatoms. The van der Waals surface area contributed by atoms with Gasteiger partial charge < -0.3 is 0 Å². The Balaban J connectivity index is 0. The van der Waals surface area contributed by atoms with E-state index >= 15 is 0 Å². The van der Waals surface area contributed by atoms with Gasteiger partial charge in [0.2, 0.25) is 0 Å². The lowest BCUT2D eigenvalue weighted by Crippen LogP contribution is -1.98. The smallest absolute Gasteiger partial charge is 0.258 e. The van der Waals surface area contributed by atoms with Crippen LogP contribution in [0.15, 0.2) is 23.4 Å². The Bertz CT molecular complexity index is 205. The van der Waals surface area contributed by atoms with Gasteiger partial charge in [-0.2, -0.15) is 0 Å². The molecule has 13 heavy (non-hydrogen) atoms. The zero-order valence-corrected chi connectivity index (χ0v) is 9.13. The summed E-state index contributed by atoms with van der Waals surface area (Å²) in [4.78, 5) is 10.0. The van der Waals surface area contributed by atoms with Crippen molar-refractivity contribution >= 4 is 0 Å². The molecule has 0 saturated heterocycles. The Labute approximate surface area is 80.3 Å². The topological polar surface area (TPSA) is 43.1 Å². The van der Waals surface area contributed by atoms with Crippen LogP contribution < -0.4 is 0 Å². The molecule has 0 aliphatic heterocycles. The standard InChI is InChI=1S/C8H13NO2.C2H6/c1-4-6-8(9(10)11)7(3)5-2;1-2/h4,6H,5H2,1-3H3;1-2H3/b6-4-,8-7-;. The summed E-state index contributed by atoms with van der Waals surface area (Å²) >= 11 is 0. The average molecular weight is 185 g/mol. The van der Waals surface area contributed by atoms with Gasteiger partial charge in [-0.3, -0.25) is 10.1 Å². The molecule has 0 fully saturated rings. The van der Waals surface area contributed by atoms with Crippen LogP contribution in [0.3, 0.4) is 0 Å². The number of nitrogens with zero attached hydrogens (tertiary/aromatic N) is 1. The van der Waals surface area contributed by atoms with Gasteiger partial charge in [-0.25, -0.2) is 0 Å². The van der Waals surface area contributed by atoms with Gasteiger partial charge in [0.1, 0.15) is 0 Å². The number of rotatable bonds is 3. The van der Waals surface area contributed by atoms with Crippen LogP contribution >= 0.6 is 0 Å². The van der Waals surface area contributed by atoms with E-state index in [2.05, 4.69) is 0 Å². The normalized spacial score (nSPS) is 11.8. The first kappa shape index (κ1) is 14.4. The summed E-state index contributed by atoms with van der Waals surface area (Å²) in [5, 5.41) is 10.4. The van der Waals surface area contributed by atoms with Crippen LogP contribution in [0.25, 0.3) is 0 Å². The van der Waals surface area contributed by atoms with E-state index < -0.39 is 0 Å². The first-order valence-electron chi connectivity index (χ1n) is 4.60. The van der Waals surface area contributed by atoms with Crippen LogP contribution in [0.4, 0.5) is 0 Å². The Morgan fingerprint density at radius 2 is 1.92 bits per heavy atom. The van der Waals surface area contributed by atoms with Gasteiger partial charge in [-0.1, -0.05) is 26.8 Å². The first-order valence-corrected chi connectivity index (χ1v) is 4.60. The van der Waals surface area contributed by atoms with Crippen LogP contribution in [0.5, 0.6) is 0 Å². The SMILES string of the molecule is C/C=C\C(=C(/C)CC)[N+](=O)[O-].CC. The van der Waals surface area contributed by atoms with Crippen LogP contribution in [0, 0.1) is 10.1 Å². The molecule has 0 N–H and O–H groups in total. The summed E-state index contributed by atoms with van der Waals surface area (Å²) in [6, 6.07) is 0. The van der Waals surface area contributed by atoms with Crippen molar-refractivity contribution in [3.8, 4) is 0 Å². The number of allylic oxidation sites excluding steroid dienone is 3. The van der Waals surface area contributed by atoms with Crippen molar-refractivity contribution in [1.82, 2.24) is 0 Å². The monoisotopic (exact) mass is 185 g/mol. The Morgan fingerprint density at radius 3 is 2.15 bits per heavy atom. The number of hydrogen-bond acceptors (Lipinski definition) is 2. The molecule has 0 aromatic rings. The molecule has 76 valence electrons. The number of nitro groups is 1. The molecule has 0 aromatic heterocycles. The quantitative estimate of drug-likeness (QED) is 0.383. The molecular weight excluding hydrogens is 166 g/mol. The summed E-state index contributed by atoms with van der Waals surface area (Å²) in [7, 11) is 0. The summed E-state index contributed by atoms with van der Waals surface area (Å²) in [5.74, 6) is 0. The largest absolute Gasteiger partial charge is 0.267 e. The van der Waals surface area contributed by atoms with Crippen molar-refractivity contribution in [3.63, 3.8) is 0 Å². The van der Waals surface area contributed by atoms with E-state index in [1.54, 1.807) is 19.9 Å². The maximum atomic E-state index is 10.4. The average Bonchev–Trinajstić information content (AvgIpc) is 2.15. The minimum atomic E-state index is -0.348. The van der Waals surface area contributed by atoms with E-state index in [-0.39, 0.29) is 10.6 Å². The highest BCUT2D eigenvalue weighted by molar-refractivity contribution is 5.16. The van der Waals surface area contributed by atoms with E-state index in [0.717, 1.165) is 12.0 Å². The third-order valence-electron chi connectivity index (χ3n) is 1.49. The van der Waals surface area contributed by atoms with Crippen LogP contribution in [-0.2, 0) is 0 Å². The van der Waals surface area contributed by atoms with E-state index in [9.17, 15) is 10.1 Å². The van der Waals surface area contributed by atoms with Gasteiger partial charge in [-0.05, 0) is 20.3 Å². The fraction of sp³-hybridized carbons (Fsp3) is 0.600. The van der Waals surface area contributed by atoms with E-state index in [4.69, 9.17) is 0 Å². The summed E-state index contributed by atoms with van der Waals surface area (Å²) in [5.41, 5.74) is 1.03. The van der Waals surface area contributed by atoms with E-state index in [1.165, 1.54) is 6.08 Å². The highest BCUT2D eigenvalue weighted by Crippen LogP contribution is 2.09. The molecule has 0 rings (SSSR count). The Hall–Kier alpha value is -1.12. The molecule has 0 amide bonds. The van der Waals surface area contributed by atoms with Crippen LogP contribution in [0.2, 0.25) is 0 Å². The van der Waals surface area contributed by atoms with Crippen molar-refractivity contribution < 1.29 is 4.92 Å². The Kier molecular flexibility index (Phi) is 9.94. The highest BCUT2D eigenvalue weighted by atomic mass is 16.6. The predicted molar refractivity (Wildman–Crippen MR) is 56.1 cm³/mol.